The van der Waals surface area contributed by atoms with Crippen molar-refractivity contribution in [2.24, 2.45) is 10.7 Å². The lowest BCUT2D eigenvalue weighted by molar-refractivity contribution is 0.0912. The molecule has 5 nitrogen and oxygen atoms in total. The predicted molar refractivity (Wildman–Crippen MR) is 61.5 cm³/mol. The first kappa shape index (κ1) is 12.2. The summed E-state index contributed by atoms with van der Waals surface area (Å²) in [6.45, 7) is 3.96. The number of nitrogens with one attached hydrogen (secondary N) is 1. The van der Waals surface area contributed by atoms with Crippen molar-refractivity contribution < 1.29 is 5.11 Å². The number of aliphatic hydroxyl groups is 1. The lowest BCUT2D eigenvalue weighted by atomic mass is 10.1. The standard InChI is InChI=1S/C10H20N4O/c1-6-5-7(2)14(4)10(13-6)8(12-3)9(11)15/h5,8-10,12,15H,11H2,1-4H3. The van der Waals surface area contributed by atoms with E-state index >= 15 is 0 Å². The number of nitrogens with two attached hydrogens (primary N) is 1. The van der Waals surface area contributed by atoms with E-state index in [4.69, 9.17) is 5.73 Å². The summed E-state index contributed by atoms with van der Waals surface area (Å²) in [6.07, 6.45) is 0.927. The number of aliphatic imine (C=N–C) groups is 1. The van der Waals surface area contributed by atoms with Crippen molar-refractivity contribution in [3.8, 4) is 0 Å². The molecule has 0 aromatic heterocycles. The Labute approximate surface area is 90.7 Å². The van der Waals surface area contributed by atoms with Gasteiger partial charge in [0, 0.05) is 18.5 Å². The molecule has 1 aliphatic heterocycles. The van der Waals surface area contributed by atoms with E-state index in [2.05, 4.69) is 10.3 Å². The second-order valence-electron chi connectivity index (χ2n) is 3.89. The van der Waals surface area contributed by atoms with Crippen molar-refractivity contribution in [1.29, 1.82) is 0 Å². The molecule has 0 aliphatic carbocycles. The first-order valence-corrected chi connectivity index (χ1v) is 5.04. The molecule has 5 heteroatoms. The van der Waals surface area contributed by atoms with Crippen LogP contribution >= 0.6 is 0 Å². The van der Waals surface area contributed by atoms with Gasteiger partial charge in [0.2, 0.25) is 0 Å². The Morgan fingerprint density at radius 3 is 2.67 bits per heavy atom. The topological polar surface area (TPSA) is 73.9 Å². The van der Waals surface area contributed by atoms with Gasteiger partial charge in [0.15, 0.2) is 0 Å². The van der Waals surface area contributed by atoms with Crippen LogP contribution in [-0.2, 0) is 0 Å². The van der Waals surface area contributed by atoms with Crippen LogP contribution in [0.4, 0.5) is 0 Å². The summed E-state index contributed by atoms with van der Waals surface area (Å²) in [5.41, 5.74) is 7.58. The number of allylic oxidation sites excluding steroid dienone is 2. The zero-order valence-corrected chi connectivity index (χ0v) is 9.73. The average molecular weight is 212 g/mol. The Morgan fingerprint density at radius 2 is 2.20 bits per heavy atom. The third-order valence-electron chi connectivity index (χ3n) is 2.73. The number of aliphatic hydroxyl groups excluding tert-OH is 1. The van der Waals surface area contributed by atoms with Crippen molar-refractivity contribution in [1.82, 2.24) is 10.2 Å². The van der Waals surface area contributed by atoms with Crippen molar-refractivity contribution in [3.63, 3.8) is 0 Å². The minimum absolute atomic E-state index is 0.153. The minimum atomic E-state index is -0.926. The lowest BCUT2D eigenvalue weighted by Gasteiger charge is -2.37. The molecule has 0 bridgehead atoms. The van der Waals surface area contributed by atoms with E-state index in [9.17, 15) is 5.11 Å². The van der Waals surface area contributed by atoms with Gasteiger partial charge < -0.3 is 21.1 Å². The molecule has 0 aromatic carbocycles. The quantitative estimate of drug-likeness (QED) is 0.551. The van der Waals surface area contributed by atoms with Gasteiger partial charge in [-0.1, -0.05) is 0 Å². The van der Waals surface area contributed by atoms with Crippen LogP contribution in [0.1, 0.15) is 13.8 Å². The number of hydrogen-bond donors (Lipinski definition) is 3. The Kier molecular flexibility index (Phi) is 3.84. The summed E-state index contributed by atoms with van der Waals surface area (Å²) in [4.78, 5) is 6.47. The van der Waals surface area contributed by atoms with Gasteiger partial charge in [-0.25, -0.2) is 0 Å². The van der Waals surface area contributed by atoms with E-state index in [0.29, 0.717) is 0 Å². The van der Waals surface area contributed by atoms with Gasteiger partial charge in [-0.15, -0.1) is 0 Å². The van der Waals surface area contributed by atoms with Crippen LogP contribution in [0.2, 0.25) is 0 Å². The molecule has 0 saturated heterocycles. The Morgan fingerprint density at radius 1 is 1.60 bits per heavy atom. The molecule has 1 aliphatic rings. The number of rotatable bonds is 3. The summed E-state index contributed by atoms with van der Waals surface area (Å²) in [7, 11) is 3.71. The van der Waals surface area contributed by atoms with Gasteiger partial charge >= 0.3 is 0 Å². The first-order chi connectivity index (χ1) is 6.97. The molecule has 1 rings (SSSR count). The molecule has 3 unspecified atom stereocenters. The second kappa shape index (κ2) is 4.74. The molecule has 0 saturated carbocycles. The monoisotopic (exact) mass is 212 g/mol. The summed E-state index contributed by atoms with van der Waals surface area (Å²) >= 11 is 0. The van der Waals surface area contributed by atoms with Crippen LogP contribution in [0, 0.1) is 0 Å². The number of likely N-dealkylation sites (N-methyl/N-ethyl adjacent to an activating group) is 2. The van der Waals surface area contributed by atoms with E-state index < -0.39 is 6.23 Å². The molecule has 0 spiro atoms. The molecule has 0 amide bonds. The highest BCUT2D eigenvalue weighted by molar-refractivity contribution is 5.94. The van der Waals surface area contributed by atoms with Crippen LogP contribution in [0.3, 0.4) is 0 Å². The number of hydrogen-bond acceptors (Lipinski definition) is 5. The molecule has 0 radical (unpaired) electrons. The summed E-state index contributed by atoms with van der Waals surface area (Å²) in [5, 5.41) is 12.4. The van der Waals surface area contributed by atoms with Gasteiger partial charge in [-0.2, -0.15) is 0 Å². The highest BCUT2D eigenvalue weighted by atomic mass is 16.3. The van der Waals surface area contributed by atoms with E-state index in [1.165, 1.54) is 0 Å². The van der Waals surface area contributed by atoms with Crippen molar-refractivity contribution in [2.75, 3.05) is 14.1 Å². The third-order valence-corrected chi connectivity index (χ3v) is 2.73. The zero-order chi connectivity index (χ0) is 11.6. The van der Waals surface area contributed by atoms with Gasteiger partial charge in [0.25, 0.3) is 0 Å². The predicted octanol–water partition coefficient (Wildman–Crippen LogP) is -0.512. The fourth-order valence-electron chi connectivity index (χ4n) is 1.76. The Bertz CT molecular complexity index is 285. The van der Waals surface area contributed by atoms with Crippen LogP contribution in [0.25, 0.3) is 0 Å². The van der Waals surface area contributed by atoms with Crippen molar-refractivity contribution in [2.45, 2.75) is 32.3 Å². The largest absolute Gasteiger partial charge is 0.377 e. The van der Waals surface area contributed by atoms with E-state index in [-0.39, 0.29) is 12.2 Å². The summed E-state index contributed by atoms with van der Waals surface area (Å²) in [5.74, 6) is 0. The molecular weight excluding hydrogens is 192 g/mol. The highest BCUT2D eigenvalue weighted by Gasteiger charge is 2.29. The zero-order valence-electron chi connectivity index (χ0n) is 9.73. The van der Waals surface area contributed by atoms with E-state index in [1.54, 1.807) is 7.05 Å². The van der Waals surface area contributed by atoms with Crippen LogP contribution < -0.4 is 11.1 Å². The summed E-state index contributed by atoms with van der Waals surface area (Å²) in [6, 6.07) is -0.270. The molecule has 3 atom stereocenters. The third kappa shape index (κ3) is 2.56. The molecule has 86 valence electrons. The van der Waals surface area contributed by atoms with Gasteiger partial charge in [0.05, 0.1) is 6.04 Å². The second-order valence-corrected chi connectivity index (χ2v) is 3.89. The van der Waals surface area contributed by atoms with Gasteiger partial charge in [-0.05, 0) is 27.0 Å². The van der Waals surface area contributed by atoms with Crippen molar-refractivity contribution >= 4 is 5.71 Å². The molecule has 1 heterocycles. The molecule has 4 N–H and O–H groups in total. The fraction of sp³-hybridized carbons (Fsp3) is 0.700. The first-order valence-electron chi connectivity index (χ1n) is 5.04. The molecule has 0 aromatic rings. The average Bonchev–Trinajstić information content (AvgIpc) is 2.13. The Hall–Kier alpha value is -0.910. The Balaban J connectivity index is 2.90. The molecule has 0 fully saturated rings. The smallest absolute Gasteiger partial charge is 0.140 e. The van der Waals surface area contributed by atoms with Crippen LogP contribution in [0.5, 0.6) is 0 Å². The van der Waals surface area contributed by atoms with Gasteiger partial charge in [0.1, 0.15) is 12.4 Å². The highest BCUT2D eigenvalue weighted by Crippen LogP contribution is 2.17. The number of nitrogens with zero attached hydrogens (tertiary/aromatic N) is 2. The SMILES string of the molecule is CNC(C(N)O)C1N=C(C)C=C(C)N1C. The van der Waals surface area contributed by atoms with E-state index in [0.717, 1.165) is 11.4 Å². The van der Waals surface area contributed by atoms with Crippen LogP contribution in [-0.4, -0.2) is 48.2 Å². The maximum absolute atomic E-state index is 9.45. The lowest BCUT2D eigenvalue weighted by Crippen LogP contribution is -2.56. The van der Waals surface area contributed by atoms with Crippen molar-refractivity contribution in [3.05, 3.63) is 11.8 Å². The maximum atomic E-state index is 9.45. The summed E-state index contributed by atoms with van der Waals surface area (Å²) < 4.78 is 0. The van der Waals surface area contributed by atoms with Crippen LogP contribution in [0.15, 0.2) is 16.8 Å². The molecular formula is C10H20N4O. The minimum Gasteiger partial charge on any atom is -0.377 e. The normalized spacial score (nSPS) is 25.7. The fourth-order valence-corrected chi connectivity index (χ4v) is 1.76. The van der Waals surface area contributed by atoms with Gasteiger partial charge in [-0.3, -0.25) is 4.99 Å². The maximum Gasteiger partial charge on any atom is 0.140 e. The molecule has 15 heavy (non-hydrogen) atoms. The van der Waals surface area contributed by atoms with E-state index in [1.807, 2.05) is 31.9 Å².